The number of aliphatic hydroxyl groups excluding tert-OH is 1. The average Bonchev–Trinajstić information content (AvgIpc) is 3.15. The van der Waals surface area contributed by atoms with Crippen molar-refractivity contribution in [3.8, 4) is 17.0 Å². The molecule has 0 fully saturated rings. The van der Waals surface area contributed by atoms with Gasteiger partial charge in [-0.15, -0.1) is 5.10 Å². The standard InChI is InChI=1S/C21H19N3O2/c25-18(13-24-14-20(22-23-24)17-8-2-1-3-9-17)15-26-21-12-6-10-16-7-4-5-11-19(16)21/h1-12,14,18,25H,13,15H2. The zero-order chi connectivity index (χ0) is 17.8. The van der Waals surface area contributed by atoms with E-state index in [4.69, 9.17) is 4.74 Å². The number of hydrogen-bond acceptors (Lipinski definition) is 4. The molecule has 5 heteroatoms. The first-order chi connectivity index (χ1) is 12.8. The van der Waals surface area contributed by atoms with Crippen molar-refractivity contribution in [1.82, 2.24) is 15.0 Å². The molecule has 4 rings (SSSR count). The summed E-state index contributed by atoms with van der Waals surface area (Å²) in [6.45, 7) is 0.513. The van der Waals surface area contributed by atoms with Crippen molar-refractivity contribution in [1.29, 1.82) is 0 Å². The number of fused-ring (bicyclic) bond motifs is 1. The Morgan fingerprint density at radius 1 is 0.923 bits per heavy atom. The zero-order valence-corrected chi connectivity index (χ0v) is 14.2. The van der Waals surface area contributed by atoms with Gasteiger partial charge in [0.2, 0.25) is 0 Å². The molecule has 3 aromatic carbocycles. The van der Waals surface area contributed by atoms with Crippen LogP contribution < -0.4 is 4.74 Å². The fraction of sp³-hybridized carbons (Fsp3) is 0.143. The Balaban J connectivity index is 1.40. The van der Waals surface area contributed by atoms with E-state index in [0.717, 1.165) is 27.8 Å². The Labute approximate surface area is 151 Å². The molecule has 0 saturated heterocycles. The SMILES string of the molecule is OC(COc1cccc2ccccc12)Cn1cc(-c2ccccc2)nn1. The van der Waals surface area contributed by atoms with Crippen LogP contribution in [0.15, 0.2) is 79.0 Å². The van der Waals surface area contributed by atoms with Crippen LogP contribution in [-0.4, -0.2) is 32.8 Å². The highest BCUT2D eigenvalue weighted by Crippen LogP contribution is 2.25. The molecular weight excluding hydrogens is 326 g/mol. The minimum absolute atomic E-state index is 0.189. The van der Waals surface area contributed by atoms with Crippen molar-refractivity contribution in [3.63, 3.8) is 0 Å². The number of nitrogens with zero attached hydrogens (tertiary/aromatic N) is 3. The van der Waals surface area contributed by atoms with Gasteiger partial charge in [0.25, 0.3) is 0 Å². The van der Waals surface area contributed by atoms with E-state index >= 15 is 0 Å². The third-order valence-corrected chi connectivity index (χ3v) is 4.19. The predicted molar refractivity (Wildman–Crippen MR) is 101 cm³/mol. The highest BCUT2D eigenvalue weighted by molar-refractivity contribution is 5.88. The number of aromatic nitrogens is 3. The molecule has 0 spiro atoms. The largest absolute Gasteiger partial charge is 0.490 e. The van der Waals surface area contributed by atoms with Crippen LogP contribution in [0.4, 0.5) is 0 Å². The van der Waals surface area contributed by atoms with Gasteiger partial charge in [-0.2, -0.15) is 0 Å². The first-order valence-electron chi connectivity index (χ1n) is 8.54. The second-order valence-electron chi connectivity index (χ2n) is 6.13. The van der Waals surface area contributed by atoms with Gasteiger partial charge < -0.3 is 9.84 Å². The lowest BCUT2D eigenvalue weighted by molar-refractivity contribution is 0.0895. The topological polar surface area (TPSA) is 60.2 Å². The monoisotopic (exact) mass is 345 g/mol. The number of hydrogen-bond donors (Lipinski definition) is 1. The van der Waals surface area contributed by atoms with Crippen LogP contribution in [0, 0.1) is 0 Å². The maximum Gasteiger partial charge on any atom is 0.127 e. The summed E-state index contributed by atoms with van der Waals surface area (Å²) >= 11 is 0. The summed E-state index contributed by atoms with van der Waals surface area (Å²) in [5.74, 6) is 0.769. The van der Waals surface area contributed by atoms with E-state index in [0.29, 0.717) is 6.54 Å². The lowest BCUT2D eigenvalue weighted by Crippen LogP contribution is -2.24. The van der Waals surface area contributed by atoms with Gasteiger partial charge in [-0.25, -0.2) is 4.68 Å². The minimum Gasteiger partial charge on any atom is -0.490 e. The molecule has 4 aromatic rings. The maximum atomic E-state index is 10.3. The highest BCUT2D eigenvalue weighted by atomic mass is 16.5. The smallest absolute Gasteiger partial charge is 0.127 e. The van der Waals surface area contributed by atoms with Gasteiger partial charge in [0.15, 0.2) is 0 Å². The van der Waals surface area contributed by atoms with Crippen LogP contribution in [0.5, 0.6) is 5.75 Å². The molecular formula is C21H19N3O2. The van der Waals surface area contributed by atoms with E-state index in [1.54, 1.807) is 4.68 Å². The third-order valence-electron chi connectivity index (χ3n) is 4.19. The van der Waals surface area contributed by atoms with Gasteiger partial charge in [0.05, 0.1) is 12.7 Å². The molecule has 0 amide bonds. The summed E-state index contributed by atoms with van der Waals surface area (Å²) in [7, 11) is 0. The van der Waals surface area contributed by atoms with Crippen molar-refractivity contribution in [2.45, 2.75) is 12.6 Å². The Hall–Kier alpha value is -3.18. The molecule has 1 unspecified atom stereocenters. The molecule has 0 bridgehead atoms. The van der Waals surface area contributed by atoms with Gasteiger partial charge in [0, 0.05) is 10.9 Å². The van der Waals surface area contributed by atoms with Crippen LogP contribution in [0.1, 0.15) is 0 Å². The fourth-order valence-corrected chi connectivity index (χ4v) is 2.90. The van der Waals surface area contributed by atoms with Crippen LogP contribution in [0.2, 0.25) is 0 Å². The number of rotatable bonds is 6. The summed E-state index contributed by atoms with van der Waals surface area (Å²) in [6.07, 6.45) is 1.15. The lowest BCUT2D eigenvalue weighted by atomic mass is 10.1. The van der Waals surface area contributed by atoms with E-state index < -0.39 is 6.10 Å². The maximum absolute atomic E-state index is 10.3. The molecule has 0 aliphatic carbocycles. The molecule has 130 valence electrons. The summed E-state index contributed by atoms with van der Waals surface area (Å²) in [5.41, 5.74) is 1.79. The first kappa shape index (κ1) is 16.3. The molecule has 0 radical (unpaired) electrons. The summed E-state index contributed by atoms with van der Waals surface area (Å²) < 4.78 is 7.47. The fourth-order valence-electron chi connectivity index (χ4n) is 2.90. The van der Waals surface area contributed by atoms with E-state index in [1.165, 1.54) is 0 Å². The average molecular weight is 345 g/mol. The summed E-state index contributed by atoms with van der Waals surface area (Å²) in [5, 5.41) is 20.7. The quantitative estimate of drug-likeness (QED) is 0.581. The molecule has 5 nitrogen and oxygen atoms in total. The van der Waals surface area contributed by atoms with Crippen molar-refractivity contribution >= 4 is 10.8 Å². The Kier molecular flexibility index (Phi) is 4.62. The minimum atomic E-state index is -0.681. The Bertz CT molecular complexity index is 993. The van der Waals surface area contributed by atoms with E-state index in [9.17, 15) is 5.11 Å². The van der Waals surface area contributed by atoms with Crippen molar-refractivity contribution in [2.24, 2.45) is 0 Å². The first-order valence-corrected chi connectivity index (χ1v) is 8.54. The van der Waals surface area contributed by atoms with Crippen LogP contribution in [-0.2, 0) is 6.54 Å². The predicted octanol–water partition coefficient (Wildman–Crippen LogP) is 3.54. The van der Waals surface area contributed by atoms with E-state index in [2.05, 4.69) is 10.3 Å². The van der Waals surface area contributed by atoms with E-state index in [1.807, 2.05) is 79.0 Å². The van der Waals surface area contributed by atoms with Crippen molar-refractivity contribution in [3.05, 3.63) is 79.0 Å². The van der Waals surface area contributed by atoms with Gasteiger partial charge in [-0.05, 0) is 11.5 Å². The molecule has 0 aliphatic heterocycles. The Morgan fingerprint density at radius 3 is 2.58 bits per heavy atom. The van der Waals surface area contributed by atoms with Crippen LogP contribution >= 0.6 is 0 Å². The third kappa shape index (κ3) is 3.58. The van der Waals surface area contributed by atoms with Crippen LogP contribution in [0.3, 0.4) is 0 Å². The second-order valence-corrected chi connectivity index (χ2v) is 6.13. The summed E-state index contributed by atoms with van der Waals surface area (Å²) in [6, 6.07) is 23.8. The normalized spacial score (nSPS) is 12.2. The Morgan fingerprint density at radius 2 is 1.69 bits per heavy atom. The summed E-state index contributed by atoms with van der Waals surface area (Å²) in [4.78, 5) is 0. The van der Waals surface area contributed by atoms with Crippen LogP contribution in [0.25, 0.3) is 22.0 Å². The van der Waals surface area contributed by atoms with E-state index in [-0.39, 0.29) is 6.61 Å². The molecule has 0 saturated carbocycles. The van der Waals surface area contributed by atoms with Gasteiger partial charge in [-0.3, -0.25) is 0 Å². The molecule has 1 atom stereocenters. The zero-order valence-electron chi connectivity index (χ0n) is 14.2. The lowest BCUT2D eigenvalue weighted by Gasteiger charge is -2.13. The molecule has 0 aliphatic rings. The number of ether oxygens (including phenoxy) is 1. The number of aliphatic hydroxyl groups is 1. The van der Waals surface area contributed by atoms with Crippen molar-refractivity contribution < 1.29 is 9.84 Å². The highest BCUT2D eigenvalue weighted by Gasteiger charge is 2.10. The van der Waals surface area contributed by atoms with Crippen molar-refractivity contribution in [2.75, 3.05) is 6.61 Å². The van der Waals surface area contributed by atoms with Gasteiger partial charge >= 0.3 is 0 Å². The molecule has 1 aromatic heterocycles. The van der Waals surface area contributed by atoms with Gasteiger partial charge in [-0.1, -0.05) is 71.9 Å². The molecule has 26 heavy (non-hydrogen) atoms. The number of benzene rings is 3. The molecule has 1 heterocycles. The second kappa shape index (κ2) is 7.37. The molecule has 1 N–H and O–H groups in total. The van der Waals surface area contributed by atoms with Gasteiger partial charge in [0.1, 0.15) is 24.2 Å².